The van der Waals surface area contributed by atoms with Gasteiger partial charge in [-0.2, -0.15) is 8.78 Å². The van der Waals surface area contributed by atoms with Crippen molar-refractivity contribution in [1.29, 1.82) is 0 Å². The number of anilines is 2. The number of alkyl halides is 2. The standard InChI is InChI=1S/C22H28F2N8O2/c1-6-13-9-18(28-20(26-13)22(2,23)24)32-16-10-17(27-21(33)34-5)25-11-15(16)19(29-32)31-8-7-14(12-31)30(3)4/h9-11,14H,6-8,12H2,1-5H3,(H,25,27,33). The zero-order chi connectivity index (χ0) is 24.6. The molecular formula is C22H28F2N8O2. The van der Waals surface area contributed by atoms with E-state index in [2.05, 4.69) is 34.8 Å². The van der Waals surface area contributed by atoms with Gasteiger partial charge in [-0.1, -0.05) is 6.92 Å². The molecular weight excluding hydrogens is 446 g/mol. The van der Waals surface area contributed by atoms with Crippen molar-refractivity contribution in [2.75, 3.05) is 44.5 Å². The molecule has 0 aliphatic carbocycles. The monoisotopic (exact) mass is 474 g/mol. The fraction of sp³-hybridized carbons (Fsp3) is 0.500. The van der Waals surface area contributed by atoms with E-state index >= 15 is 0 Å². The lowest BCUT2D eigenvalue weighted by atomic mass is 10.2. The smallest absolute Gasteiger partial charge is 0.412 e. The molecule has 1 fully saturated rings. The average molecular weight is 475 g/mol. The van der Waals surface area contributed by atoms with Crippen LogP contribution in [0.15, 0.2) is 18.3 Å². The van der Waals surface area contributed by atoms with Gasteiger partial charge in [-0.25, -0.2) is 24.4 Å². The Morgan fingerprint density at radius 2 is 2.09 bits per heavy atom. The third-order valence-electron chi connectivity index (χ3n) is 5.89. The number of methoxy groups -OCH3 is 1. The second-order valence-corrected chi connectivity index (χ2v) is 8.57. The fourth-order valence-electron chi connectivity index (χ4n) is 3.95. The average Bonchev–Trinajstić information content (AvgIpc) is 3.43. The second kappa shape index (κ2) is 9.09. The summed E-state index contributed by atoms with van der Waals surface area (Å²) in [5, 5.41) is 8.03. The van der Waals surface area contributed by atoms with Crippen LogP contribution >= 0.6 is 0 Å². The maximum absolute atomic E-state index is 14.2. The minimum absolute atomic E-state index is 0.221. The van der Waals surface area contributed by atoms with E-state index in [0.29, 0.717) is 29.5 Å². The summed E-state index contributed by atoms with van der Waals surface area (Å²) in [5.74, 6) is -2.64. The highest BCUT2D eigenvalue weighted by atomic mass is 19.3. The van der Waals surface area contributed by atoms with Crippen molar-refractivity contribution in [3.8, 4) is 5.82 Å². The second-order valence-electron chi connectivity index (χ2n) is 8.57. The highest BCUT2D eigenvalue weighted by Gasteiger charge is 2.31. The van der Waals surface area contributed by atoms with Gasteiger partial charge in [0.25, 0.3) is 0 Å². The van der Waals surface area contributed by atoms with Gasteiger partial charge < -0.3 is 14.5 Å². The molecule has 182 valence electrons. The molecule has 34 heavy (non-hydrogen) atoms. The van der Waals surface area contributed by atoms with E-state index in [-0.39, 0.29) is 11.6 Å². The first-order valence-corrected chi connectivity index (χ1v) is 11.0. The molecule has 0 aromatic carbocycles. The molecule has 0 spiro atoms. The number of likely N-dealkylation sites (N-methyl/N-ethyl adjacent to an activating group) is 1. The summed E-state index contributed by atoms with van der Waals surface area (Å²) in [5.41, 5.74) is 1.04. The summed E-state index contributed by atoms with van der Waals surface area (Å²) in [6.45, 7) is 4.17. The van der Waals surface area contributed by atoms with Crippen molar-refractivity contribution in [2.24, 2.45) is 0 Å². The number of rotatable bonds is 6. The van der Waals surface area contributed by atoms with Crippen LogP contribution in [0.2, 0.25) is 0 Å². The molecule has 4 heterocycles. The van der Waals surface area contributed by atoms with Gasteiger partial charge in [-0.3, -0.25) is 5.32 Å². The number of aromatic nitrogens is 5. The number of amides is 1. The maximum Gasteiger partial charge on any atom is 0.412 e. The minimum atomic E-state index is -3.21. The number of halogens is 2. The third kappa shape index (κ3) is 4.63. The molecule has 12 heteroatoms. The number of pyridine rings is 1. The lowest BCUT2D eigenvalue weighted by Gasteiger charge is -2.20. The van der Waals surface area contributed by atoms with Gasteiger partial charge in [0, 0.05) is 50.1 Å². The Labute approximate surface area is 195 Å². The predicted molar refractivity (Wildman–Crippen MR) is 124 cm³/mol. The number of carbonyl (C=O) groups is 1. The zero-order valence-electron chi connectivity index (χ0n) is 19.8. The van der Waals surface area contributed by atoms with Crippen LogP contribution in [0.4, 0.5) is 25.2 Å². The lowest BCUT2D eigenvalue weighted by Crippen LogP contribution is -2.31. The Hall–Kier alpha value is -3.41. The Kier molecular flexibility index (Phi) is 6.34. The quantitative estimate of drug-likeness (QED) is 0.581. The summed E-state index contributed by atoms with van der Waals surface area (Å²) in [6, 6.07) is 3.63. The molecule has 1 saturated heterocycles. The SMILES string of the molecule is CCc1cc(-n2nc(N3CCC(N(C)C)C3)c3cnc(NC(=O)OC)cc32)nc(C(C)(F)F)n1. The van der Waals surface area contributed by atoms with Gasteiger partial charge in [0.1, 0.15) is 5.82 Å². The van der Waals surface area contributed by atoms with E-state index in [1.807, 2.05) is 21.0 Å². The molecule has 0 radical (unpaired) electrons. The van der Waals surface area contributed by atoms with E-state index in [1.54, 1.807) is 18.3 Å². The molecule has 0 bridgehead atoms. The summed E-state index contributed by atoms with van der Waals surface area (Å²) < 4.78 is 34.5. The van der Waals surface area contributed by atoms with E-state index in [9.17, 15) is 13.6 Å². The molecule has 1 N–H and O–H groups in total. The van der Waals surface area contributed by atoms with Crippen LogP contribution in [0.1, 0.15) is 31.8 Å². The number of hydrogen-bond acceptors (Lipinski definition) is 8. The topological polar surface area (TPSA) is 101 Å². The molecule has 1 atom stereocenters. The van der Waals surface area contributed by atoms with Crippen molar-refractivity contribution in [1.82, 2.24) is 29.6 Å². The lowest BCUT2D eigenvalue weighted by molar-refractivity contribution is 0.00742. The molecule has 1 unspecified atom stereocenters. The van der Waals surface area contributed by atoms with Crippen molar-refractivity contribution in [2.45, 2.75) is 38.7 Å². The largest absolute Gasteiger partial charge is 0.453 e. The van der Waals surface area contributed by atoms with Crippen LogP contribution < -0.4 is 10.2 Å². The number of nitrogens with one attached hydrogen (secondary N) is 1. The van der Waals surface area contributed by atoms with Gasteiger partial charge >= 0.3 is 12.0 Å². The summed E-state index contributed by atoms with van der Waals surface area (Å²) in [7, 11) is 5.33. The molecule has 10 nitrogen and oxygen atoms in total. The van der Waals surface area contributed by atoms with Crippen LogP contribution in [-0.4, -0.2) is 76.1 Å². The minimum Gasteiger partial charge on any atom is -0.453 e. The first kappa shape index (κ1) is 23.7. The van der Waals surface area contributed by atoms with Gasteiger partial charge in [0.15, 0.2) is 11.6 Å². The van der Waals surface area contributed by atoms with Crippen molar-refractivity contribution in [3.63, 3.8) is 0 Å². The summed E-state index contributed by atoms with van der Waals surface area (Å²) in [6.07, 6.45) is 2.36. The van der Waals surface area contributed by atoms with Gasteiger partial charge in [-0.05, 0) is 26.9 Å². The number of hydrogen-bond donors (Lipinski definition) is 1. The maximum atomic E-state index is 14.2. The molecule has 1 amide bonds. The number of carbonyl (C=O) groups excluding carboxylic acids is 1. The first-order chi connectivity index (χ1) is 16.1. The van der Waals surface area contributed by atoms with Crippen LogP contribution in [0.5, 0.6) is 0 Å². The first-order valence-electron chi connectivity index (χ1n) is 11.0. The van der Waals surface area contributed by atoms with E-state index in [0.717, 1.165) is 31.8 Å². The highest BCUT2D eigenvalue weighted by molar-refractivity contribution is 5.94. The van der Waals surface area contributed by atoms with Crippen molar-refractivity contribution >= 4 is 28.6 Å². The van der Waals surface area contributed by atoms with Gasteiger partial charge in [0.05, 0.1) is 18.0 Å². The van der Waals surface area contributed by atoms with Crippen LogP contribution in [-0.2, 0) is 17.1 Å². The Bertz CT molecular complexity index is 1210. The van der Waals surface area contributed by atoms with Crippen LogP contribution in [0.3, 0.4) is 0 Å². The molecule has 1 aliphatic rings. The number of aryl methyl sites for hydroxylation is 1. The van der Waals surface area contributed by atoms with Crippen molar-refractivity contribution in [3.05, 3.63) is 29.8 Å². The summed E-state index contributed by atoms with van der Waals surface area (Å²) >= 11 is 0. The predicted octanol–water partition coefficient (Wildman–Crippen LogP) is 3.20. The molecule has 4 rings (SSSR count). The fourth-order valence-corrected chi connectivity index (χ4v) is 3.95. The Morgan fingerprint density at radius 1 is 1.32 bits per heavy atom. The Morgan fingerprint density at radius 3 is 2.71 bits per heavy atom. The van der Waals surface area contributed by atoms with Gasteiger partial charge in [-0.15, -0.1) is 5.10 Å². The van der Waals surface area contributed by atoms with E-state index in [1.165, 1.54) is 11.8 Å². The van der Waals surface area contributed by atoms with Crippen LogP contribution in [0.25, 0.3) is 16.7 Å². The number of fused-ring (bicyclic) bond motifs is 1. The Balaban J connectivity index is 1.88. The summed E-state index contributed by atoms with van der Waals surface area (Å²) in [4.78, 5) is 28.5. The van der Waals surface area contributed by atoms with E-state index in [4.69, 9.17) is 5.10 Å². The van der Waals surface area contributed by atoms with Gasteiger partial charge in [0.2, 0.25) is 5.82 Å². The van der Waals surface area contributed by atoms with Crippen LogP contribution in [0, 0.1) is 0 Å². The highest BCUT2D eigenvalue weighted by Crippen LogP contribution is 2.33. The number of ether oxygens (including phenoxy) is 1. The van der Waals surface area contributed by atoms with Crippen molar-refractivity contribution < 1.29 is 18.3 Å². The molecule has 3 aromatic heterocycles. The normalized spacial score (nSPS) is 16.5. The molecule has 0 saturated carbocycles. The number of nitrogens with zero attached hydrogens (tertiary/aromatic N) is 7. The molecule has 3 aromatic rings. The molecule has 1 aliphatic heterocycles. The van der Waals surface area contributed by atoms with E-state index < -0.39 is 17.8 Å². The third-order valence-corrected chi connectivity index (χ3v) is 5.89. The zero-order valence-corrected chi connectivity index (χ0v) is 19.8.